The molecule has 112 valence electrons. The van der Waals surface area contributed by atoms with Crippen LogP contribution in [0, 0.1) is 6.92 Å². The van der Waals surface area contributed by atoms with Gasteiger partial charge in [-0.3, -0.25) is 0 Å². The Balaban J connectivity index is 2.21. The van der Waals surface area contributed by atoms with E-state index in [2.05, 4.69) is 0 Å². The largest absolute Gasteiger partial charge is 0.323 e. The van der Waals surface area contributed by atoms with Gasteiger partial charge >= 0.3 is 0 Å². The summed E-state index contributed by atoms with van der Waals surface area (Å²) in [5, 5.41) is -0.625. The lowest BCUT2D eigenvalue weighted by Crippen LogP contribution is -2.32. The molecule has 0 radical (unpaired) electrons. The van der Waals surface area contributed by atoms with Gasteiger partial charge in [-0.1, -0.05) is 54.6 Å². The number of aryl methyl sites for hydroxylation is 1. The minimum atomic E-state index is -3.31. The third-order valence-corrected chi connectivity index (χ3v) is 6.01. The Kier molecular flexibility index (Phi) is 4.80. The number of hydrogen-bond acceptors (Lipinski definition) is 3. The fraction of sp³-hybridized carbons (Fsp3) is 0.294. The first-order valence-electron chi connectivity index (χ1n) is 6.98. The van der Waals surface area contributed by atoms with Gasteiger partial charge in [-0.25, -0.2) is 8.42 Å². The van der Waals surface area contributed by atoms with E-state index in [9.17, 15) is 8.42 Å². The summed E-state index contributed by atoms with van der Waals surface area (Å²) in [7, 11) is -3.31. The molecule has 0 heterocycles. The van der Waals surface area contributed by atoms with Crippen molar-refractivity contribution in [3.63, 3.8) is 0 Å². The van der Waals surface area contributed by atoms with E-state index >= 15 is 0 Å². The number of benzene rings is 2. The lowest BCUT2D eigenvalue weighted by molar-refractivity contribution is 0.564. The summed E-state index contributed by atoms with van der Waals surface area (Å²) in [6.45, 7) is 3.61. The summed E-state index contributed by atoms with van der Waals surface area (Å²) < 4.78 is 25.2. The Morgan fingerprint density at radius 1 is 1.00 bits per heavy atom. The summed E-state index contributed by atoms with van der Waals surface area (Å²) >= 11 is 0. The van der Waals surface area contributed by atoms with Crippen LogP contribution in [-0.2, 0) is 15.6 Å². The van der Waals surface area contributed by atoms with Crippen LogP contribution in [0.3, 0.4) is 0 Å². The maximum Gasteiger partial charge on any atom is 0.158 e. The van der Waals surface area contributed by atoms with Crippen molar-refractivity contribution in [3.05, 3.63) is 71.3 Å². The maximum absolute atomic E-state index is 12.6. The predicted octanol–water partition coefficient (Wildman–Crippen LogP) is 3.00. The average molecular weight is 303 g/mol. The molecule has 2 N–H and O–H groups in total. The lowest BCUT2D eigenvalue weighted by atomic mass is 10.1. The minimum Gasteiger partial charge on any atom is -0.323 e. The highest BCUT2D eigenvalue weighted by Gasteiger charge is 2.28. The van der Waals surface area contributed by atoms with Crippen molar-refractivity contribution in [3.8, 4) is 0 Å². The van der Waals surface area contributed by atoms with E-state index in [4.69, 9.17) is 5.73 Å². The third kappa shape index (κ3) is 3.71. The molecule has 3 nitrogen and oxygen atoms in total. The monoisotopic (exact) mass is 303 g/mol. The molecule has 2 unspecified atom stereocenters. The van der Waals surface area contributed by atoms with E-state index in [1.54, 1.807) is 6.92 Å². The predicted molar refractivity (Wildman–Crippen MR) is 86.6 cm³/mol. The molecule has 0 aliphatic carbocycles. The van der Waals surface area contributed by atoms with Crippen molar-refractivity contribution in [2.75, 3.05) is 0 Å². The Labute approximate surface area is 126 Å². The van der Waals surface area contributed by atoms with Gasteiger partial charge < -0.3 is 5.73 Å². The molecular weight excluding hydrogens is 282 g/mol. The molecule has 0 amide bonds. The molecule has 0 spiro atoms. The fourth-order valence-electron chi connectivity index (χ4n) is 2.29. The second-order valence-corrected chi connectivity index (χ2v) is 7.73. The van der Waals surface area contributed by atoms with E-state index in [0.717, 1.165) is 16.7 Å². The molecule has 2 rings (SSSR count). The molecule has 0 aliphatic rings. The molecule has 0 aliphatic heterocycles. The molecule has 0 bridgehead atoms. The van der Waals surface area contributed by atoms with Gasteiger partial charge in [-0.05, 0) is 30.5 Å². The standard InChI is InChI=1S/C17H21NO2S/c1-13-8-6-7-11-16(13)12-21(19,20)14(2)17(18)15-9-4-3-5-10-15/h3-11,14,17H,12,18H2,1-2H3. The van der Waals surface area contributed by atoms with Crippen LogP contribution in [-0.4, -0.2) is 13.7 Å². The molecule has 0 fully saturated rings. The van der Waals surface area contributed by atoms with Crippen molar-refractivity contribution in [1.82, 2.24) is 0 Å². The second kappa shape index (κ2) is 6.41. The highest BCUT2D eigenvalue weighted by molar-refractivity contribution is 7.91. The van der Waals surface area contributed by atoms with Gasteiger partial charge in [0.05, 0.1) is 11.0 Å². The van der Waals surface area contributed by atoms with Crippen LogP contribution in [0.1, 0.15) is 29.7 Å². The van der Waals surface area contributed by atoms with Gasteiger partial charge in [0, 0.05) is 6.04 Å². The first kappa shape index (κ1) is 15.7. The summed E-state index contributed by atoms with van der Waals surface area (Å²) in [4.78, 5) is 0. The minimum absolute atomic E-state index is 0.0291. The van der Waals surface area contributed by atoms with Gasteiger partial charge in [0.1, 0.15) is 0 Å². The number of hydrogen-bond donors (Lipinski definition) is 1. The van der Waals surface area contributed by atoms with Crippen molar-refractivity contribution < 1.29 is 8.42 Å². The summed E-state index contributed by atoms with van der Waals surface area (Å²) in [5.41, 5.74) is 8.81. The summed E-state index contributed by atoms with van der Waals surface area (Å²) in [6, 6.07) is 16.4. The van der Waals surface area contributed by atoms with E-state index in [1.165, 1.54) is 0 Å². The molecule has 0 saturated carbocycles. The van der Waals surface area contributed by atoms with E-state index in [-0.39, 0.29) is 5.75 Å². The van der Waals surface area contributed by atoms with Crippen molar-refractivity contribution in [2.24, 2.45) is 5.73 Å². The van der Waals surface area contributed by atoms with Gasteiger partial charge in [-0.15, -0.1) is 0 Å². The highest BCUT2D eigenvalue weighted by atomic mass is 32.2. The van der Waals surface area contributed by atoms with Crippen LogP contribution in [0.5, 0.6) is 0 Å². The van der Waals surface area contributed by atoms with Gasteiger partial charge in [-0.2, -0.15) is 0 Å². The Bertz CT molecular complexity index is 696. The van der Waals surface area contributed by atoms with Gasteiger partial charge in [0.2, 0.25) is 0 Å². The molecular formula is C17H21NO2S. The second-order valence-electron chi connectivity index (χ2n) is 5.38. The first-order chi connectivity index (χ1) is 9.92. The van der Waals surface area contributed by atoms with Crippen LogP contribution in [0.4, 0.5) is 0 Å². The van der Waals surface area contributed by atoms with Crippen molar-refractivity contribution in [2.45, 2.75) is 30.9 Å². The Morgan fingerprint density at radius 3 is 2.19 bits per heavy atom. The average Bonchev–Trinajstić information content (AvgIpc) is 2.49. The summed E-state index contributed by atoms with van der Waals surface area (Å²) in [6.07, 6.45) is 0. The SMILES string of the molecule is Cc1ccccc1CS(=O)(=O)C(C)C(N)c1ccccc1. The number of nitrogens with two attached hydrogens (primary N) is 1. The van der Waals surface area contributed by atoms with Crippen LogP contribution >= 0.6 is 0 Å². The van der Waals surface area contributed by atoms with E-state index in [0.29, 0.717) is 0 Å². The number of rotatable bonds is 5. The molecule has 21 heavy (non-hydrogen) atoms. The van der Waals surface area contributed by atoms with Crippen LogP contribution in [0.2, 0.25) is 0 Å². The maximum atomic E-state index is 12.6. The number of sulfone groups is 1. The van der Waals surface area contributed by atoms with E-state index < -0.39 is 21.1 Å². The molecule has 4 heteroatoms. The highest BCUT2D eigenvalue weighted by Crippen LogP contribution is 2.23. The molecule has 2 aromatic carbocycles. The normalized spacial score (nSPS) is 14.6. The topological polar surface area (TPSA) is 60.2 Å². The van der Waals surface area contributed by atoms with Gasteiger partial charge in [0.15, 0.2) is 9.84 Å². The van der Waals surface area contributed by atoms with Gasteiger partial charge in [0.25, 0.3) is 0 Å². The quantitative estimate of drug-likeness (QED) is 0.923. The van der Waals surface area contributed by atoms with E-state index in [1.807, 2.05) is 61.5 Å². The van der Waals surface area contributed by atoms with Crippen LogP contribution in [0.25, 0.3) is 0 Å². The Hall–Kier alpha value is -1.65. The molecule has 0 saturated heterocycles. The smallest absolute Gasteiger partial charge is 0.158 e. The van der Waals surface area contributed by atoms with Crippen LogP contribution < -0.4 is 5.73 Å². The van der Waals surface area contributed by atoms with Crippen LogP contribution in [0.15, 0.2) is 54.6 Å². The molecule has 0 aromatic heterocycles. The van der Waals surface area contributed by atoms with Crippen molar-refractivity contribution in [1.29, 1.82) is 0 Å². The third-order valence-electron chi connectivity index (χ3n) is 3.87. The zero-order chi connectivity index (χ0) is 15.5. The molecule has 2 atom stereocenters. The zero-order valence-corrected chi connectivity index (χ0v) is 13.2. The Morgan fingerprint density at radius 2 is 1.57 bits per heavy atom. The molecule has 2 aromatic rings. The summed E-state index contributed by atoms with van der Waals surface area (Å²) in [5.74, 6) is 0.0291. The zero-order valence-electron chi connectivity index (χ0n) is 12.4. The van der Waals surface area contributed by atoms with Crippen molar-refractivity contribution >= 4 is 9.84 Å². The lowest BCUT2D eigenvalue weighted by Gasteiger charge is -2.21. The first-order valence-corrected chi connectivity index (χ1v) is 8.70. The fourth-order valence-corrected chi connectivity index (χ4v) is 3.91.